The first-order valence-electron chi connectivity index (χ1n) is 5.45. The van der Waals surface area contributed by atoms with Crippen molar-refractivity contribution in [2.45, 2.75) is 13.5 Å². The van der Waals surface area contributed by atoms with Crippen LogP contribution in [-0.4, -0.2) is 16.8 Å². The van der Waals surface area contributed by atoms with Crippen molar-refractivity contribution in [3.8, 4) is 11.3 Å². The monoisotopic (exact) mass is 215 g/mol. The van der Waals surface area contributed by atoms with Crippen LogP contribution in [0.3, 0.4) is 0 Å². The predicted octanol–water partition coefficient (Wildman–Crippen LogP) is 2.11. The molecule has 16 heavy (non-hydrogen) atoms. The third-order valence-electron chi connectivity index (χ3n) is 2.62. The molecule has 84 valence electrons. The third-order valence-corrected chi connectivity index (χ3v) is 2.62. The molecule has 0 fully saturated rings. The summed E-state index contributed by atoms with van der Waals surface area (Å²) >= 11 is 0. The number of nitrogens with zero attached hydrogens (tertiary/aromatic N) is 2. The van der Waals surface area contributed by atoms with Crippen LogP contribution in [0.5, 0.6) is 0 Å². The topological polar surface area (TPSA) is 29.9 Å². The second-order valence-electron chi connectivity index (χ2n) is 4.07. The fourth-order valence-corrected chi connectivity index (χ4v) is 1.83. The first-order chi connectivity index (χ1) is 7.70. The Kier molecular flexibility index (Phi) is 3.06. The molecule has 1 N–H and O–H groups in total. The molecule has 0 aliphatic rings. The molecule has 0 saturated heterocycles. The molecule has 0 atom stereocenters. The summed E-state index contributed by atoms with van der Waals surface area (Å²) in [5.74, 6) is 0. The van der Waals surface area contributed by atoms with Crippen LogP contribution in [0.2, 0.25) is 0 Å². The Hall–Kier alpha value is -1.61. The normalized spacial score (nSPS) is 10.7. The lowest BCUT2D eigenvalue weighted by atomic mass is 10.0. The van der Waals surface area contributed by atoms with Crippen LogP contribution in [0.25, 0.3) is 11.3 Å². The number of rotatable bonds is 3. The summed E-state index contributed by atoms with van der Waals surface area (Å²) < 4.78 is 1.83. The Labute approximate surface area is 96.1 Å². The van der Waals surface area contributed by atoms with Gasteiger partial charge in [-0.15, -0.1) is 0 Å². The summed E-state index contributed by atoms with van der Waals surface area (Å²) in [6.07, 6.45) is 1.97. The lowest BCUT2D eigenvalue weighted by Gasteiger charge is -2.08. The average Bonchev–Trinajstić information content (AvgIpc) is 2.68. The zero-order chi connectivity index (χ0) is 11.5. The average molecular weight is 215 g/mol. The van der Waals surface area contributed by atoms with Gasteiger partial charge in [-0.05, 0) is 31.7 Å². The molecule has 0 bridgehead atoms. The Morgan fingerprint density at radius 1 is 1.31 bits per heavy atom. The maximum absolute atomic E-state index is 4.45. The fourth-order valence-electron chi connectivity index (χ4n) is 1.83. The minimum absolute atomic E-state index is 0.867. The molecule has 0 radical (unpaired) electrons. The van der Waals surface area contributed by atoms with Gasteiger partial charge < -0.3 is 5.32 Å². The van der Waals surface area contributed by atoms with Gasteiger partial charge in [0, 0.05) is 25.4 Å². The van der Waals surface area contributed by atoms with Crippen molar-refractivity contribution in [2.24, 2.45) is 7.05 Å². The van der Waals surface area contributed by atoms with Gasteiger partial charge in [-0.25, -0.2) is 0 Å². The molecule has 0 amide bonds. The molecule has 1 heterocycles. The van der Waals surface area contributed by atoms with E-state index in [0.717, 1.165) is 12.2 Å². The van der Waals surface area contributed by atoms with Gasteiger partial charge in [0.05, 0.1) is 5.69 Å². The first kappa shape index (κ1) is 10.9. The van der Waals surface area contributed by atoms with Crippen LogP contribution < -0.4 is 5.32 Å². The van der Waals surface area contributed by atoms with Crippen molar-refractivity contribution in [2.75, 3.05) is 7.05 Å². The summed E-state index contributed by atoms with van der Waals surface area (Å²) in [7, 11) is 3.90. The molecule has 1 aromatic carbocycles. The van der Waals surface area contributed by atoms with Gasteiger partial charge in [0.15, 0.2) is 0 Å². The molecule has 0 aliphatic heterocycles. The number of aromatic nitrogens is 2. The highest BCUT2D eigenvalue weighted by atomic mass is 15.2. The highest BCUT2D eigenvalue weighted by Crippen LogP contribution is 2.23. The van der Waals surface area contributed by atoms with Gasteiger partial charge in [-0.3, -0.25) is 4.68 Å². The van der Waals surface area contributed by atoms with Gasteiger partial charge in [0.25, 0.3) is 0 Å². The van der Waals surface area contributed by atoms with E-state index in [9.17, 15) is 0 Å². The van der Waals surface area contributed by atoms with Crippen molar-refractivity contribution in [3.05, 3.63) is 41.6 Å². The Morgan fingerprint density at radius 3 is 2.75 bits per heavy atom. The summed E-state index contributed by atoms with van der Waals surface area (Å²) in [5, 5.41) is 7.64. The Balaban J connectivity index is 2.48. The quantitative estimate of drug-likeness (QED) is 0.850. The summed E-state index contributed by atoms with van der Waals surface area (Å²) in [6.45, 7) is 2.97. The van der Waals surface area contributed by atoms with E-state index in [1.807, 2.05) is 31.0 Å². The van der Waals surface area contributed by atoms with E-state index in [1.165, 1.54) is 16.7 Å². The number of benzene rings is 1. The van der Waals surface area contributed by atoms with Crippen LogP contribution in [-0.2, 0) is 13.6 Å². The molecule has 1 aromatic heterocycles. The maximum atomic E-state index is 4.45. The lowest BCUT2D eigenvalue weighted by Crippen LogP contribution is -2.06. The van der Waals surface area contributed by atoms with Crippen LogP contribution in [0.15, 0.2) is 30.5 Å². The van der Waals surface area contributed by atoms with E-state index in [0.29, 0.717) is 0 Å². The van der Waals surface area contributed by atoms with Crippen LogP contribution >= 0.6 is 0 Å². The fraction of sp³-hybridized carbons (Fsp3) is 0.308. The van der Waals surface area contributed by atoms with Crippen LogP contribution in [0.4, 0.5) is 0 Å². The second kappa shape index (κ2) is 4.49. The largest absolute Gasteiger partial charge is 0.316 e. The predicted molar refractivity (Wildman–Crippen MR) is 66.1 cm³/mol. The minimum Gasteiger partial charge on any atom is -0.316 e. The highest BCUT2D eigenvalue weighted by molar-refractivity contribution is 5.64. The van der Waals surface area contributed by atoms with Crippen molar-refractivity contribution in [1.82, 2.24) is 15.1 Å². The molecule has 2 rings (SSSR count). The molecular formula is C13H17N3. The highest BCUT2D eigenvalue weighted by Gasteiger charge is 2.07. The molecule has 2 aromatic rings. The molecule has 0 spiro atoms. The summed E-state index contributed by atoms with van der Waals surface area (Å²) in [5.41, 5.74) is 4.80. The Bertz CT molecular complexity index is 486. The number of aryl methyl sites for hydroxylation is 2. The van der Waals surface area contributed by atoms with Crippen molar-refractivity contribution in [3.63, 3.8) is 0 Å². The zero-order valence-electron chi connectivity index (χ0n) is 9.99. The van der Waals surface area contributed by atoms with E-state index in [2.05, 4.69) is 35.5 Å². The zero-order valence-corrected chi connectivity index (χ0v) is 9.99. The number of nitrogens with one attached hydrogen (secondary N) is 1. The molecular weight excluding hydrogens is 198 g/mol. The van der Waals surface area contributed by atoms with E-state index in [4.69, 9.17) is 0 Å². The van der Waals surface area contributed by atoms with Gasteiger partial charge in [-0.2, -0.15) is 5.10 Å². The van der Waals surface area contributed by atoms with E-state index in [-0.39, 0.29) is 0 Å². The second-order valence-corrected chi connectivity index (χ2v) is 4.07. The van der Waals surface area contributed by atoms with E-state index in [1.54, 1.807) is 0 Å². The molecule has 3 nitrogen and oxygen atoms in total. The Morgan fingerprint density at radius 2 is 2.12 bits per heavy atom. The first-order valence-corrected chi connectivity index (χ1v) is 5.45. The molecule has 3 heteroatoms. The number of hydrogen-bond donors (Lipinski definition) is 1. The standard InChI is InChI=1S/C13H17N3/c1-10-4-5-11(9-14-2)12(8-10)13-6-7-16(3)15-13/h4-8,14H,9H2,1-3H3. The van der Waals surface area contributed by atoms with Crippen molar-refractivity contribution >= 4 is 0 Å². The van der Waals surface area contributed by atoms with E-state index < -0.39 is 0 Å². The van der Waals surface area contributed by atoms with Gasteiger partial charge >= 0.3 is 0 Å². The minimum atomic E-state index is 0.867. The van der Waals surface area contributed by atoms with Gasteiger partial charge in [0.2, 0.25) is 0 Å². The van der Waals surface area contributed by atoms with Gasteiger partial charge in [0.1, 0.15) is 0 Å². The summed E-state index contributed by atoms with van der Waals surface area (Å²) in [6, 6.07) is 8.54. The van der Waals surface area contributed by atoms with Crippen molar-refractivity contribution in [1.29, 1.82) is 0 Å². The van der Waals surface area contributed by atoms with E-state index >= 15 is 0 Å². The molecule has 0 saturated carbocycles. The lowest BCUT2D eigenvalue weighted by molar-refractivity contribution is 0.769. The smallest absolute Gasteiger partial charge is 0.0926 e. The molecule has 0 aliphatic carbocycles. The SMILES string of the molecule is CNCc1ccc(C)cc1-c1ccn(C)n1. The van der Waals surface area contributed by atoms with Crippen LogP contribution in [0, 0.1) is 6.92 Å². The summed E-state index contributed by atoms with van der Waals surface area (Å²) in [4.78, 5) is 0. The van der Waals surface area contributed by atoms with Crippen LogP contribution in [0.1, 0.15) is 11.1 Å². The van der Waals surface area contributed by atoms with Crippen molar-refractivity contribution < 1.29 is 0 Å². The van der Waals surface area contributed by atoms with Gasteiger partial charge in [-0.1, -0.05) is 17.7 Å². The maximum Gasteiger partial charge on any atom is 0.0926 e. The third kappa shape index (κ3) is 2.14. The number of hydrogen-bond acceptors (Lipinski definition) is 2. The molecule has 0 unspecified atom stereocenters.